The standard InChI is InChI=1S/C20H22N2OS/c23-19(22-18-13-17(18)14-7-2-1-3-8-14)16-11-6-12-21-20(16)24-15-9-4-5-10-15/h1-3,6-8,11-12,15,17-18H,4-5,9-10,13H2,(H,22,23)/t17-,18-/m1/s1. The molecule has 2 saturated carbocycles. The quantitative estimate of drug-likeness (QED) is 0.878. The maximum absolute atomic E-state index is 12.7. The minimum absolute atomic E-state index is 0.0204. The van der Waals surface area contributed by atoms with E-state index in [-0.39, 0.29) is 11.9 Å². The van der Waals surface area contributed by atoms with Gasteiger partial charge in [0, 0.05) is 23.4 Å². The van der Waals surface area contributed by atoms with Gasteiger partial charge in [0.25, 0.3) is 5.91 Å². The molecule has 0 aliphatic heterocycles. The summed E-state index contributed by atoms with van der Waals surface area (Å²) in [4.78, 5) is 17.2. The smallest absolute Gasteiger partial charge is 0.254 e. The van der Waals surface area contributed by atoms with E-state index >= 15 is 0 Å². The second-order valence-electron chi connectivity index (χ2n) is 6.71. The van der Waals surface area contributed by atoms with Gasteiger partial charge in [-0.05, 0) is 37.0 Å². The van der Waals surface area contributed by atoms with Gasteiger partial charge < -0.3 is 5.32 Å². The molecule has 124 valence electrons. The minimum atomic E-state index is 0.0204. The first kappa shape index (κ1) is 15.7. The first-order valence-electron chi connectivity index (χ1n) is 8.79. The monoisotopic (exact) mass is 338 g/mol. The number of carbonyl (C=O) groups is 1. The van der Waals surface area contributed by atoms with E-state index in [0.717, 1.165) is 17.0 Å². The number of thioether (sulfide) groups is 1. The molecule has 1 aromatic carbocycles. The highest BCUT2D eigenvalue weighted by Crippen LogP contribution is 2.41. The molecule has 1 aromatic heterocycles. The number of hydrogen-bond donors (Lipinski definition) is 1. The molecule has 24 heavy (non-hydrogen) atoms. The van der Waals surface area contributed by atoms with E-state index in [1.54, 1.807) is 18.0 Å². The van der Waals surface area contributed by atoms with Crippen molar-refractivity contribution >= 4 is 17.7 Å². The number of aromatic nitrogens is 1. The molecule has 0 saturated heterocycles. The molecule has 0 spiro atoms. The lowest BCUT2D eigenvalue weighted by atomic mass is 10.1. The molecule has 1 N–H and O–H groups in total. The van der Waals surface area contributed by atoms with Crippen LogP contribution in [0.4, 0.5) is 0 Å². The zero-order valence-electron chi connectivity index (χ0n) is 13.7. The van der Waals surface area contributed by atoms with Crippen molar-refractivity contribution in [3.8, 4) is 0 Å². The predicted molar refractivity (Wildman–Crippen MR) is 97.4 cm³/mol. The average Bonchev–Trinajstić information content (AvgIpc) is 3.19. The molecule has 1 amide bonds. The van der Waals surface area contributed by atoms with Crippen molar-refractivity contribution in [2.45, 2.75) is 54.3 Å². The van der Waals surface area contributed by atoms with Crippen LogP contribution in [-0.2, 0) is 0 Å². The molecule has 4 heteroatoms. The van der Waals surface area contributed by atoms with E-state index in [4.69, 9.17) is 0 Å². The summed E-state index contributed by atoms with van der Waals surface area (Å²) in [7, 11) is 0. The summed E-state index contributed by atoms with van der Waals surface area (Å²) in [6.07, 6.45) is 7.89. The molecule has 1 heterocycles. The first-order valence-corrected chi connectivity index (χ1v) is 9.67. The number of nitrogens with one attached hydrogen (secondary N) is 1. The Kier molecular flexibility index (Phi) is 4.56. The summed E-state index contributed by atoms with van der Waals surface area (Å²) in [5, 5.41) is 4.69. The Morgan fingerprint density at radius 1 is 1.08 bits per heavy atom. The molecule has 2 atom stereocenters. The second-order valence-corrected chi connectivity index (χ2v) is 8.00. The van der Waals surface area contributed by atoms with Crippen molar-refractivity contribution in [3.63, 3.8) is 0 Å². The Bertz CT molecular complexity index is 713. The fourth-order valence-electron chi connectivity index (χ4n) is 3.49. The summed E-state index contributed by atoms with van der Waals surface area (Å²) < 4.78 is 0. The van der Waals surface area contributed by atoms with Crippen LogP contribution in [-0.4, -0.2) is 22.2 Å². The van der Waals surface area contributed by atoms with Crippen molar-refractivity contribution in [1.29, 1.82) is 0 Å². The summed E-state index contributed by atoms with van der Waals surface area (Å²) in [6, 6.07) is 14.4. The first-order chi connectivity index (χ1) is 11.8. The Labute approximate surface area is 147 Å². The van der Waals surface area contributed by atoms with E-state index in [9.17, 15) is 4.79 Å². The molecule has 2 aliphatic rings. The van der Waals surface area contributed by atoms with Crippen molar-refractivity contribution in [2.24, 2.45) is 0 Å². The fourth-order valence-corrected chi connectivity index (χ4v) is 4.79. The Morgan fingerprint density at radius 2 is 1.88 bits per heavy atom. The number of rotatable bonds is 5. The normalized spacial score (nSPS) is 23.2. The van der Waals surface area contributed by atoms with Crippen LogP contribution in [0.2, 0.25) is 0 Å². The molecule has 0 unspecified atom stereocenters. The van der Waals surface area contributed by atoms with Crippen LogP contribution in [0.1, 0.15) is 53.9 Å². The zero-order chi connectivity index (χ0) is 16.4. The van der Waals surface area contributed by atoms with Gasteiger partial charge in [-0.1, -0.05) is 43.2 Å². The third-order valence-corrected chi connectivity index (χ3v) is 6.28. The van der Waals surface area contributed by atoms with Crippen molar-refractivity contribution in [1.82, 2.24) is 10.3 Å². The van der Waals surface area contributed by atoms with Crippen molar-refractivity contribution in [2.75, 3.05) is 0 Å². The number of nitrogens with zero attached hydrogens (tertiary/aromatic N) is 1. The Hall–Kier alpha value is -1.81. The second kappa shape index (κ2) is 6.98. The molecule has 0 bridgehead atoms. The van der Waals surface area contributed by atoms with Crippen LogP contribution < -0.4 is 5.32 Å². The fraction of sp³-hybridized carbons (Fsp3) is 0.400. The number of amides is 1. The zero-order valence-corrected chi connectivity index (χ0v) is 14.5. The van der Waals surface area contributed by atoms with Crippen molar-refractivity contribution < 1.29 is 4.79 Å². The van der Waals surface area contributed by atoms with Crippen molar-refractivity contribution in [3.05, 3.63) is 59.8 Å². The van der Waals surface area contributed by atoms with Gasteiger partial charge in [0.1, 0.15) is 5.03 Å². The number of hydrogen-bond acceptors (Lipinski definition) is 3. The predicted octanol–water partition coefficient (Wildman–Crippen LogP) is 4.40. The van der Waals surface area contributed by atoms with Crippen LogP contribution >= 0.6 is 11.8 Å². The van der Waals surface area contributed by atoms with Gasteiger partial charge in [-0.15, -0.1) is 11.8 Å². The molecular weight excluding hydrogens is 316 g/mol. The Morgan fingerprint density at radius 3 is 2.67 bits per heavy atom. The van der Waals surface area contributed by atoms with Crippen LogP contribution in [0.25, 0.3) is 0 Å². The maximum atomic E-state index is 12.7. The average molecular weight is 338 g/mol. The third kappa shape index (κ3) is 3.48. The summed E-state index contributed by atoms with van der Waals surface area (Å²) >= 11 is 1.78. The summed E-state index contributed by atoms with van der Waals surface area (Å²) in [5.41, 5.74) is 2.04. The summed E-state index contributed by atoms with van der Waals surface area (Å²) in [6.45, 7) is 0. The van der Waals surface area contributed by atoms with Gasteiger partial charge in [0.05, 0.1) is 5.56 Å². The molecule has 3 nitrogen and oxygen atoms in total. The SMILES string of the molecule is O=C(N[C@@H]1C[C@@H]1c1ccccc1)c1cccnc1SC1CCCC1. The van der Waals surface area contributed by atoms with Gasteiger partial charge in [-0.3, -0.25) is 4.79 Å². The topological polar surface area (TPSA) is 42.0 Å². The Balaban J connectivity index is 1.42. The highest BCUT2D eigenvalue weighted by atomic mass is 32.2. The molecule has 2 aromatic rings. The van der Waals surface area contributed by atoms with E-state index in [1.807, 2.05) is 18.2 Å². The van der Waals surface area contributed by atoms with E-state index in [1.165, 1.54) is 31.2 Å². The van der Waals surface area contributed by atoms with Gasteiger partial charge in [0.2, 0.25) is 0 Å². The lowest BCUT2D eigenvalue weighted by Crippen LogP contribution is -2.27. The summed E-state index contributed by atoms with van der Waals surface area (Å²) in [5.74, 6) is 0.477. The molecule has 2 aliphatic carbocycles. The number of pyridine rings is 1. The molecule has 0 radical (unpaired) electrons. The largest absolute Gasteiger partial charge is 0.349 e. The number of carbonyl (C=O) groups excluding carboxylic acids is 1. The van der Waals surface area contributed by atoms with Crippen LogP contribution in [0, 0.1) is 0 Å². The highest BCUT2D eigenvalue weighted by Gasteiger charge is 2.39. The van der Waals surface area contributed by atoms with E-state index in [2.05, 4.69) is 34.6 Å². The van der Waals surface area contributed by atoms with Gasteiger partial charge in [-0.2, -0.15) is 0 Å². The van der Waals surface area contributed by atoms with Gasteiger partial charge in [0.15, 0.2) is 0 Å². The van der Waals surface area contributed by atoms with Crippen LogP contribution in [0.5, 0.6) is 0 Å². The molecule has 4 rings (SSSR count). The molecule has 2 fully saturated rings. The lowest BCUT2D eigenvalue weighted by molar-refractivity contribution is 0.0946. The number of benzene rings is 1. The molecular formula is C20H22N2OS. The van der Waals surface area contributed by atoms with E-state index < -0.39 is 0 Å². The highest BCUT2D eigenvalue weighted by molar-refractivity contribution is 7.99. The van der Waals surface area contributed by atoms with Crippen LogP contribution in [0.15, 0.2) is 53.7 Å². The van der Waals surface area contributed by atoms with Crippen LogP contribution in [0.3, 0.4) is 0 Å². The maximum Gasteiger partial charge on any atom is 0.254 e. The lowest BCUT2D eigenvalue weighted by Gasteiger charge is -2.12. The van der Waals surface area contributed by atoms with E-state index in [0.29, 0.717) is 11.2 Å². The van der Waals surface area contributed by atoms with Gasteiger partial charge >= 0.3 is 0 Å². The third-order valence-electron chi connectivity index (χ3n) is 4.93. The minimum Gasteiger partial charge on any atom is -0.349 e. The van der Waals surface area contributed by atoms with Gasteiger partial charge in [-0.25, -0.2) is 4.98 Å².